The van der Waals surface area contributed by atoms with Gasteiger partial charge in [0.05, 0.1) is 17.7 Å². The Morgan fingerprint density at radius 2 is 1.71 bits per heavy atom. The van der Waals surface area contributed by atoms with E-state index in [1.807, 2.05) is 30.4 Å². The van der Waals surface area contributed by atoms with E-state index < -0.39 is 0 Å². The normalized spacial score (nSPS) is 18.5. The first-order valence-corrected chi connectivity index (χ1v) is 8.38. The number of aliphatic imine (C=N–C) groups is 1. The predicted octanol–water partition coefficient (Wildman–Crippen LogP) is 5.05. The summed E-state index contributed by atoms with van der Waals surface area (Å²) in [4.78, 5) is 4.28. The number of alkyl halides is 1. The van der Waals surface area contributed by atoms with Gasteiger partial charge in [-0.3, -0.25) is 10.3 Å². The van der Waals surface area contributed by atoms with Gasteiger partial charge in [0.25, 0.3) is 0 Å². The van der Waals surface area contributed by atoms with E-state index in [9.17, 15) is 0 Å². The molecule has 0 saturated carbocycles. The molecular weight excluding hydrogens is 316 g/mol. The van der Waals surface area contributed by atoms with Gasteiger partial charge in [0.1, 0.15) is 0 Å². The number of hydrogen-bond donors (Lipinski definition) is 1. The molecule has 0 amide bonds. The number of rotatable bonds is 5. The fourth-order valence-corrected chi connectivity index (χ4v) is 3.00. The number of nitrogens with one attached hydrogen (secondary N) is 1. The molecule has 2 aromatic carbocycles. The van der Waals surface area contributed by atoms with Crippen LogP contribution in [0.5, 0.6) is 0 Å². The van der Waals surface area contributed by atoms with E-state index in [0.717, 1.165) is 16.8 Å². The first kappa shape index (κ1) is 16.4. The van der Waals surface area contributed by atoms with Crippen molar-refractivity contribution in [2.45, 2.75) is 6.04 Å². The Balaban J connectivity index is 1.96. The van der Waals surface area contributed by atoms with Crippen molar-refractivity contribution < 1.29 is 0 Å². The average Bonchev–Trinajstić information content (AvgIpc) is 2.65. The van der Waals surface area contributed by atoms with Crippen LogP contribution in [0.2, 0.25) is 0 Å². The van der Waals surface area contributed by atoms with Crippen LogP contribution in [0.15, 0.2) is 89.5 Å². The number of hydrogen-bond acceptors (Lipinski definition) is 2. The van der Waals surface area contributed by atoms with Gasteiger partial charge >= 0.3 is 0 Å². The van der Waals surface area contributed by atoms with Gasteiger partial charge in [-0.25, -0.2) is 0 Å². The summed E-state index contributed by atoms with van der Waals surface area (Å²) < 4.78 is 0. The zero-order chi connectivity index (χ0) is 16.8. The molecule has 1 atom stereocenters. The van der Waals surface area contributed by atoms with Gasteiger partial charge in [-0.2, -0.15) is 0 Å². The topological polar surface area (TPSA) is 24.4 Å². The summed E-state index contributed by atoms with van der Waals surface area (Å²) in [5, 5.41) is 3.24. The molecule has 0 bridgehead atoms. The summed E-state index contributed by atoms with van der Waals surface area (Å²) in [6, 6.07) is 19.1. The molecule has 1 aliphatic rings. The Hall–Kier alpha value is -2.42. The van der Waals surface area contributed by atoms with Crippen molar-refractivity contribution in [1.82, 2.24) is 5.32 Å². The first-order chi connectivity index (χ1) is 11.8. The van der Waals surface area contributed by atoms with Crippen molar-refractivity contribution in [2.75, 3.05) is 6.00 Å². The maximum atomic E-state index is 5.84. The second kappa shape index (κ2) is 7.91. The Kier molecular flexibility index (Phi) is 5.42. The third-order valence-corrected chi connectivity index (χ3v) is 4.17. The number of allylic oxidation sites excluding steroid dienone is 2. The number of benzene rings is 2. The maximum absolute atomic E-state index is 5.84. The van der Waals surface area contributed by atoms with Crippen molar-refractivity contribution in [3.05, 3.63) is 90.0 Å². The van der Waals surface area contributed by atoms with E-state index in [2.05, 4.69) is 65.6 Å². The number of halogens is 1. The van der Waals surface area contributed by atoms with Crippen LogP contribution in [-0.4, -0.2) is 18.8 Å². The molecule has 0 radical (unpaired) electrons. The van der Waals surface area contributed by atoms with Crippen LogP contribution < -0.4 is 5.32 Å². The minimum absolute atomic E-state index is 0.0433. The van der Waals surface area contributed by atoms with Crippen molar-refractivity contribution >= 4 is 24.0 Å². The quantitative estimate of drug-likeness (QED) is 0.462. The van der Waals surface area contributed by atoms with E-state index >= 15 is 0 Å². The standard InChI is InChI=1S/C21H19ClN2/c1-23-21(19-9-5-6-10-20(19)24-15-22)18-13-11-17(12-14-18)16-7-3-2-4-8-16/h2-14,20,24H,1,15H2/b21-19-. The van der Waals surface area contributed by atoms with Crippen LogP contribution >= 0.6 is 11.6 Å². The average molecular weight is 335 g/mol. The van der Waals surface area contributed by atoms with Crippen LogP contribution in [0.1, 0.15) is 5.56 Å². The molecule has 0 fully saturated rings. The minimum atomic E-state index is 0.0433. The lowest BCUT2D eigenvalue weighted by Gasteiger charge is -2.20. The fraction of sp³-hybridized carbons (Fsp3) is 0.0952. The predicted molar refractivity (Wildman–Crippen MR) is 104 cm³/mol. The Morgan fingerprint density at radius 3 is 2.38 bits per heavy atom. The summed E-state index contributed by atoms with van der Waals surface area (Å²) in [6.07, 6.45) is 8.14. The highest BCUT2D eigenvalue weighted by Crippen LogP contribution is 2.28. The second-order valence-corrected chi connectivity index (χ2v) is 5.73. The van der Waals surface area contributed by atoms with E-state index in [-0.39, 0.29) is 6.04 Å². The maximum Gasteiger partial charge on any atom is 0.0745 e. The molecule has 24 heavy (non-hydrogen) atoms. The smallest absolute Gasteiger partial charge is 0.0745 e. The van der Waals surface area contributed by atoms with Gasteiger partial charge in [0, 0.05) is 5.56 Å². The molecule has 1 aliphatic carbocycles. The number of nitrogens with zero attached hydrogens (tertiary/aromatic N) is 1. The summed E-state index contributed by atoms with van der Waals surface area (Å²) in [6.45, 7) is 3.76. The first-order valence-electron chi connectivity index (χ1n) is 7.84. The Bertz CT molecular complexity index is 786. The molecular formula is C21H19ClN2. The third kappa shape index (κ3) is 3.56. The molecule has 0 saturated heterocycles. The SMILES string of the molecule is C=N/C(=C1/C=CC=CC1NCCl)c1ccc(-c2ccccc2)cc1. The van der Waals surface area contributed by atoms with Gasteiger partial charge < -0.3 is 0 Å². The molecule has 0 aliphatic heterocycles. The largest absolute Gasteiger partial charge is 0.293 e. The highest BCUT2D eigenvalue weighted by Gasteiger charge is 2.16. The summed E-state index contributed by atoms with van der Waals surface area (Å²) >= 11 is 5.84. The third-order valence-electron chi connectivity index (χ3n) is 4.02. The fourth-order valence-electron chi connectivity index (χ4n) is 2.83. The van der Waals surface area contributed by atoms with E-state index in [1.165, 1.54) is 11.1 Å². The van der Waals surface area contributed by atoms with Crippen LogP contribution in [0.3, 0.4) is 0 Å². The van der Waals surface area contributed by atoms with E-state index in [0.29, 0.717) is 6.00 Å². The van der Waals surface area contributed by atoms with Gasteiger partial charge in [0.2, 0.25) is 0 Å². The van der Waals surface area contributed by atoms with Crippen LogP contribution in [-0.2, 0) is 0 Å². The second-order valence-electron chi connectivity index (χ2n) is 5.46. The highest BCUT2D eigenvalue weighted by atomic mass is 35.5. The molecule has 0 spiro atoms. The molecule has 3 rings (SSSR count). The van der Waals surface area contributed by atoms with Gasteiger partial charge in [-0.05, 0) is 23.4 Å². The lowest BCUT2D eigenvalue weighted by Crippen LogP contribution is -2.28. The molecule has 3 heteroatoms. The molecule has 120 valence electrons. The van der Waals surface area contributed by atoms with Crippen LogP contribution in [0.4, 0.5) is 0 Å². The zero-order valence-electron chi connectivity index (χ0n) is 13.3. The van der Waals surface area contributed by atoms with Crippen molar-refractivity contribution in [3.63, 3.8) is 0 Å². The van der Waals surface area contributed by atoms with Gasteiger partial charge in [0.15, 0.2) is 0 Å². The lowest BCUT2D eigenvalue weighted by atomic mass is 9.95. The van der Waals surface area contributed by atoms with Gasteiger partial charge in [-0.1, -0.05) is 78.9 Å². The summed E-state index contributed by atoms with van der Waals surface area (Å²) in [5.74, 6) is 0. The molecule has 1 unspecified atom stereocenters. The van der Waals surface area contributed by atoms with Crippen molar-refractivity contribution in [1.29, 1.82) is 0 Å². The molecule has 0 heterocycles. The zero-order valence-corrected chi connectivity index (χ0v) is 14.1. The van der Waals surface area contributed by atoms with E-state index in [4.69, 9.17) is 11.6 Å². The molecule has 2 aromatic rings. The lowest BCUT2D eigenvalue weighted by molar-refractivity contribution is 0.741. The Morgan fingerprint density at radius 1 is 1.00 bits per heavy atom. The molecule has 2 nitrogen and oxygen atoms in total. The van der Waals surface area contributed by atoms with Crippen molar-refractivity contribution in [2.24, 2.45) is 4.99 Å². The van der Waals surface area contributed by atoms with Crippen LogP contribution in [0.25, 0.3) is 16.8 Å². The Labute approximate surface area is 147 Å². The summed E-state index contributed by atoms with van der Waals surface area (Å²) in [5.41, 5.74) is 5.37. The highest BCUT2D eigenvalue weighted by molar-refractivity contribution is 6.17. The molecule has 1 N–H and O–H groups in total. The van der Waals surface area contributed by atoms with Crippen molar-refractivity contribution in [3.8, 4) is 11.1 Å². The molecule has 0 aromatic heterocycles. The minimum Gasteiger partial charge on any atom is -0.293 e. The monoisotopic (exact) mass is 334 g/mol. The van der Waals surface area contributed by atoms with Crippen LogP contribution in [0, 0.1) is 0 Å². The summed E-state index contributed by atoms with van der Waals surface area (Å²) in [7, 11) is 0. The van der Waals surface area contributed by atoms with E-state index in [1.54, 1.807) is 0 Å². The van der Waals surface area contributed by atoms with Gasteiger partial charge in [-0.15, -0.1) is 11.6 Å².